The molecule has 4 nitrogen and oxygen atoms in total. The molecule has 0 bridgehead atoms. The summed E-state index contributed by atoms with van der Waals surface area (Å²) >= 11 is 5.75. The maximum absolute atomic E-state index is 5.75. The van der Waals surface area contributed by atoms with Gasteiger partial charge in [-0.3, -0.25) is 4.90 Å². The van der Waals surface area contributed by atoms with E-state index in [1.165, 1.54) is 30.4 Å². The summed E-state index contributed by atoms with van der Waals surface area (Å²) < 4.78 is 5.07. The largest absolute Gasteiger partial charge is 0.304 e. The van der Waals surface area contributed by atoms with Gasteiger partial charge in [-0.15, -0.1) is 0 Å². The van der Waals surface area contributed by atoms with E-state index in [4.69, 9.17) is 17.3 Å². The van der Waals surface area contributed by atoms with Crippen molar-refractivity contribution in [1.29, 1.82) is 0 Å². The maximum Gasteiger partial charge on any atom is 0.199 e. The van der Waals surface area contributed by atoms with Gasteiger partial charge in [0, 0.05) is 13.0 Å². The Hall–Kier alpha value is -2.24. The third kappa shape index (κ3) is 3.89. The van der Waals surface area contributed by atoms with Crippen LogP contribution >= 0.6 is 12.2 Å². The van der Waals surface area contributed by atoms with Crippen LogP contribution in [0.3, 0.4) is 0 Å². The van der Waals surface area contributed by atoms with Crippen molar-refractivity contribution < 1.29 is 0 Å². The van der Waals surface area contributed by atoms with E-state index < -0.39 is 0 Å². The number of benzene rings is 2. The lowest BCUT2D eigenvalue weighted by atomic mass is 9.98. The molecule has 4 rings (SSSR count). The standard InChI is InChI=1S/C22H26N4S/c1-24(17-26-22(27)25-16-10-4-9-15-20(25)23-26)21(18-11-5-2-6-12-18)19-13-7-3-8-14-19/h2-3,5-8,11-14,21H,4,9-10,15-17H2,1H3. The summed E-state index contributed by atoms with van der Waals surface area (Å²) in [4.78, 5) is 2.33. The molecule has 1 aliphatic heterocycles. The van der Waals surface area contributed by atoms with Crippen molar-refractivity contribution in [2.45, 2.75) is 44.9 Å². The second-order valence-corrected chi connectivity index (χ2v) is 7.65. The maximum atomic E-state index is 5.75. The first-order valence-corrected chi connectivity index (χ1v) is 10.1. The summed E-state index contributed by atoms with van der Waals surface area (Å²) in [6.45, 7) is 1.67. The molecule has 0 atom stereocenters. The normalized spacial score (nSPS) is 14.3. The Kier molecular flexibility index (Phi) is 5.50. The number of fused-ring (bicyclic) bond motifs is 1. The van der Waals surface area contributed by atoms with Crippen LogP contribution in [0, 0.1) is 4.77 Å². The molecule has 5 heteroatoms. The Labute approximate surface area is 166 Å². The Morgan fingerprint density at radius 1 is 0.963 bits per heavy atom. The summed E-state index contributed by atoms with van der Waals surface area (Å²) in [7, 11) is 2.15. The Bertz CT molecular complexity index is 890. The molecule has 1 aromatic heterocycles. The zero-order chi connectivity index (χ0) is 18.6. The molecular weight excluding hydrogens is 352 g/mol. The van der Waals surface area contributed by atoms with Gasteiger partial charge in [0.1, 0.15) is 5.82 Å². The molecule has 0 N–H and O–H groups in total. The topological polar surface area (TPSA) is 26.0 Å². The fraction of sp³-hybridized carbons (Fsp3) is 0.364. The van der Waals surface area contributed by atoms with Gasteiger partial charge in [-0.05, 0) is 43.2 Å². The number of hydrogen-bond donors (Lipinski definition) is 0. The van der Waals surface area contributed by atoms with E-state index in [0.29, 0.717) is 6.67 Å². The van der Waals surface area contributed by atoms with Crippen LogP contribution < -0.4 is 0 Å². The molecular formula is C22H26N4S. The minimum atomic E-state index is 0.163. The number of aromatic nitrogens is 3. The van der Waals surface area contributed by atoms with Gasteiger partial charge in [-0.25, -0.2) is 4.68 Å². The van der Waals surface area contributed by atoms with E-state index in [9.17, 15) is 0 Å². The smallest absolute Gasteiger partial charge is 0.199 e. The summed E-state index contributed by atoms with van der Waals surface area (Å²) in [5.41, 5.74) is 2.55. The first kappa shape index (κ1) is 18.1. The van der Waals surface area contributed by atoms with Crippen molar-refractivity contribution in [3.8, 4) is 0 Å². The van der Waals surface area contributed by atoms with Crippen molar-refractivity contribution >= 4 is 12.2 Å². The zero-order valence-electron chi connectivity index (χ0n) is 15.8. The zero-order valence-corrected chi connectivity index (χ0v) is 16.6. The summed E-state index contributed by atoms with van der Waals surface area (Å²) in [5.74, 6) is 1.14. The highest BCUT2D eigenvalue weighted by atomic mass is 32.1. The Morgan fingerprint density at radius 2 is 1.59 bits per heavy atom. The lowest BCUT2D eigenvalue weighted by Gasteiger charge is -2.28. The van der Waals surface area contributed by atoms with Crippen LogP contribution in [-0.4, -0.2) is 26.3 Å². The van der Waals surface area contributed by atoms with Gasteiger partial charge in [0.05, 0.1) is 12.7 Å². The van der Waals surface area contributed by atoms with Crippen molar-refractivity contribution in [1.82, 2.24) is 19.2 Å². The number of rotatable bonds is 5. The molecule has 3 aromatic rings. The lowest BCUT2D eigenvalue weighted by molar-refractivity contribution is 0.207. The molecule has 1 aliphatic rings. The molecule has 0 saturated heterocycles. The van der Waals surface area contributed by atoms with Crippen molar-refractivity contribution in [2.24, 2.45) is 0 Å². The highest BCUT2D eigenvalue weighted by Gasteiger charge is 2.21. The van der Waals surface area contributed by atoms with E-state index >= 15 is 0 Å². The van der Waals surface area contributed by atoms with E-state index in [0.717, 1.165) is 23.6 Å². The van der Waals surface area contributed by atoms with Gasteiger partial charge in [-0.2, -0.15) is 5.10 Å². The number of hydrogen-bond acceptors (Lipinski definition) is 3. The molecule has 140 valence electrons. The quantitative estimate of drug-likeness (QED) is 0.595. The van der Waals surface area contributed by atoms with Gasteiger partial charge < -0.3 is 4.57 Å². The monoisotopic (exact) mass is 378 g/mol. The third-order valence-corrected chi connectivity index (χ3v) is 5.74. The molecule has 0 saturated carbocycles. The van der Waals surface area contributed by atoms with Crippen molar-refractivity contribution in [3.05, 3.63) is 82.4 Å². The van der Waals surface area contributed by atoms with Gasteiger partial charge in [0.15, 0.2) is 4.77 Å². The second-order valence-electron chi connectivity index (χ2n) is 7.28. The van der Waals surface area contributed by atoms with Crippen LogP contribution in [0.1, 0.15) is 42.3 Å². The first-order valence-electron chi connectivity index (χ1n) is 9.70. The molecule has 0 spiro atoms. The van der Waals surface area contributed by atoms with Gasteiger partial charge in [0.2, 0.25) is 0 Å². The molecule has 2 heterocycles. The van der Waals surface area contributed by atoms with Gasteiger partial charge >= 0.3 is 0 Å². The Balaban J connectivity index is 1.65. The number of nitrogens with zero attached hydrogens (tertiary/aromatic N) is 4. The highest BCUT2D eigenvalue weighted by molar-refractivity contribution is 7.71. The molecule has 0 aliphatic carbocycles. The Morgan fingerprint density at radius 3 is 2.22 bits per heavy atom. The lowest BCUT2D eigenvalue weighted by Crippen LogP contribution is -2.28. The molecule has 27 heavy (non-hydrogen) atoms. The molecule has 0 fully saturated rings. The molecule has 0 unspecified atom stereocenters. The summed E-state index contributed by atoms with van der Waals surface area (Å²) in [6.07, 6.45) is 4.70. The second kappa shape index (κ2) is 8.19. The number of aryl methyl sites for hydroxylation is 1. The summed E-state index contributed by atoms with van der Waals surface area (Å²) in [5, 5.41) is 4.85. The van der Waals surface area contributed by atoms with Crippen LogP contribution in [-0.2, 0) is 19.6 Å². The minimum absolute atomic E-state index is 0.163. The van der Waals surface area contributed by atoms with Crippen LogP contribution in [0.2, 0.25) is 0 Å². The first-order chi connectivity index (χ1) is 13.2. The fourth-order valence-electron chi connectivity index (χ4n) is 3.98. The predicted octanol–water partition coefficient (Wildman–Crippen LogP) is 4.82. The van der Waals surface area contributed by atoms with Gasteiger partial charge in [-0.1, -0.05) is 67.1 Å². The average Bonchev–Trinajstić information content (AvgIpc) is 2.86. The molecule has 2 aromatic carbocycles. The van der Waals surface area contributed by atoms with Crippen molar-refractivity contribution in [3.63, 3.8) is 0 Å². The highest BCUT2D eigenvalue weighted by Crippen LogP contribution is 2.28. The van der Waals surface area contributed by atoms with Crippen LogP contribution in [0.5, 0.6) is 0 Å². The van der Waals surface area contributed by atoms with Gasteiger partial charge in [0.25, 0.3) is 0 Å². The third-order valence-electron chi connectivity index (χ3n) is 5.31. The fourth-order valence-corrected chi connectivity index (χ4v) is 4.28. The van der Waals surface area contributed by atoms with Crippen LogP contribution in [0.4, 0.5) is 0 Å². The molecule has 0 radical (unpaired) electrons. The van der Waals surface area contributed by atoms with E-state index in [-0.39, 0.29) is 6.04 Å². The summed E-state index contributed by atoms with van der Waals surface area (Å²) in [6, 6.07) is 21.5. The van der Waals surface area contributed by atoms with Crippen LogP contribution in [0.15, 0.2) is 60.7 Å². The predicted molar refractivity (Wildman–Crippen MR) is 111 cm³/mol. The molecule has 0 amide bonds. The van der Waals surface area contributed by atoms with E-state index in [1.54, 1.807) is 0 Å². The van der Waals surface area contributed by atoms with E-state index in [2.05, 4.69) is 77.2 Å². The van der Waals surface area contributed by atoms with Crippen LogP contribution in [0.25, 0.3) is 0 Å². The van der Waals surface area contributed by atoms with Crippen molar-refractivity contribution in [2.75, 3.05) is 7.05 Å². The minimum Gasteiger partial charge on any atom is -0.304 e. The van der Waals surface area contributed by atoms with E-state index in [1.807, 2.05) is 4.68 Å². The SMILES string of the molecule is CN(Cn1nc2n(c1=S)CCCCC2)C(c1ccccc1)c1ccccc1. The average molecular weight is 379 g/mol.